The number of methoxy groups -OCH3 is 1. The molecule has 1 aliphatic rings. The lowest BCUT2D eigenvalue weighted by molar-refractivity contribution is -0.143. The Bertz CT molecular complexity index is 792. The monoisotopic (exact) mass is 390 g/mol. The van der Waals surface area contributed by atoms with Crippen molar-refractivity contribution in [3.8, 4) is 5.88 Å². The number of thioether (sulfide) groups is 1. The highest BCUT2D eigenvalue weighted by Crippen LogP contribution is 2.22. The Hall–Kier alpha value is -2.61. The highest BCUT2D eigenvalue weighted by molar-refractivity contribution is 7.99. The molecule has 0 saturated carbocycles. The van der Waals surface area contributed by atoms with E-state index in [-0.39, 0.29) is 11.7 Å². The molecular formula is C19H19FN2O4S. The maximum absolute atomic E-state index is 13.1. The van der Waals surface area contributed by atoms with Gasteiger partial charge in [0.15, 0.2) is 6.04 Å². The summed E-state index contributed by atoms with van der Waals surface area (Å²) in [5, 5.41) is 2.59. The first-order valence-corrected chi connectivity index (χ1v) is 9.57. The van der Waals surface area contributed by atoms with Gasteiger partial charge in [-0.05, 0) is 35.9 Å². The Labute approximate surface area is 160 Å². The fraction of sp³-hybridized carbons (Fsp3) is 0.316. The minimum Gasteiger partial charge on any atom is -0.473 e. The van der Waals surface area contributed by atoms with Gasteiger partial charge in [0.05, 0.1) is 12.7 Å². The highest BCUT2D eigenvalue weighted by Gasteiger charge is 2.24. The van der Waals surface area contributed by atoms with Crippen LogP contribution in [0.2, 0.25) is 0 Å². The van der Waals surface area contributed by atoms with Gasteiger partial charge in [-0.25, -0.2) is 14.2 Å². The second-order valence-corrected chi connectivity index (χ2v) is 7.12. The van der Waals surface area contributed by atoms with Crippen LogP contribution in [0.25, 0.3) is 0 Å². The number of rotatable bonds is 6. The zero-order chi connectivity index (χ0) is 19.2. The van der Waals surface area contributed by atoms with Crippen LogP contribution >= 0.6 is 11.8 Å². The molecule has 2 atom stereocenters. The van der Waals surface area contributed by atoms with Gasteiger partial charge in [-0.3, -0.25) is 4.79 Å². The highest BCUT2D eigenvalue weighted by atomic mass is 32.2. The SMILES string of the molecule is COC(=O)C(NC(=O)c1ccc(OC2CCSC2)nc1)c1ccc(F)cc1. The summed E-state index contributed by atoms with van der Waals surface area (Å²) in [5.74, 6) is 0.884. The summed E-state index contributed by atoms with van der Waals surface area (Å²) < 4.78 is 23.6. The predicted molar refractivity (Wildman–Crippen MR) is 99.2 cm³/mol. The van der Waals surface area contributed by atoms with E-state index in [1.165, 1.54) is 37.6 Å². The smallest absolute Gasteiger partial charge is 0.333 e. The lowest BCUT2D eigenvalue weighted by Crippen LogP contribution is -2.34. The van der Waals surface area contributed by atoms with Crippen LogP contribution in [0.3, 0.4) is 0 Å². The molecule has 1 N–H and O–H groups in total. The number of pyridine rings is 1. The van der Waals surface area contributed by atoms with Crippen molar-refractivity contribution in [2.75, 3.05) is 18.6 Å². The summed E-state index contributed by atoms with van der Waals surface area (Å²) in [4.78, 5) is 28.7. The Morgan fingerprint density at radius 1 is 1.26 bits per heavy atom. The molecule has 6 nitrogen and oxygen atoms in total. The van der Waals surface area contributed by atoms with Crippen LogP contribution in [-0.4, -0.2) is 41.6 Å². The lowest BCUT2D eigenvalue weighted by Gasteiger charge is -2.17. The Morgan fingerprint density at radius 2 is 2.04 bits per heavy atom. The van der Waals surface area contributed by atoms with Crippen molar-refractivity contribution in [2.24, 2.45) is 0 Å². The molecule has 2 heterocycles. The second-order valence-electron chi connectivity index (χ2n) is 5.97. The fourth-order valence-corrected chi connectivity index (χ4v) is 3.72. The van der Waals surface area contributed by atoms with Crippen LogP contribution in [0.1, 0.15) is 28.4 Å². The molecule has 1 aliphatic heterocycles. The van der Waals surface area contributed by atoms with Gasteiger partial charge in [-0.15, -0.1) is 0 Å². The Balaban J connectivity index is 1.69. The van der Waals surface area contributed by atoms with E-state index in [4.69, 9.17) is 9.47 Å². The van der Waals surface area contributed by atoms with Crippen molar-refractivity contribution in [2.45, 2.75) is 18.6 Å². The number of halogens is 1. The average Bonchev–Trinajstić information content (AvgIpc) is 3.20. The van der Waals surface area contributed by atoms with E-state index in [1.807, 2.05) is 11.8 Å². The van der Waals surface area contributed by atoms with Gasteiger partial charge in [0.25, 0.3) is 5.91 Å². The minimum absolute atomic E-state index is 0.143. The Morgan fingerprint density at radius 3 is 2.63 bits per heavy atom. The summed E-state index contributed by atoms with van der Waals surface area (Å²) in [6.07, 6.45) is 2.52. The Kier molecular flexibility index (Phi) is 6.28. The normalized spacial score (nSPS) is 17.2. The van der Waals surface area contributed by atoms with Crippen LogP contribution in [-0.2, 0) is 9.53 Å². The van der Waals surface area contributed by atoms with Crippen LogP contribution in [0.5, 0.6) is 5.88 Å². The molecular weight excluding hydrogens is 371 g/mol. The molecule has 2 aromatic rings. The summed E-state index contributed by atoms with van der Waals surface area (Å²) in [6, 6.07) is 7.44. The van der Waals surface area contributed by atoms with Gasteiger partial charge in [-0.2, -0.15) is 11.8 Å². The molecule has 0 aliphatic carbocycles. The third kappa shape index (κ3) is 4.97. The maximum Gasteiger partial charge on any atom is 0.333 e. The zero-order valence-corrected chi connectivity index (χ0v) is 15.5. The molecule has 0 spiro atoms. The number of ether oxygens (including phenoxy) is 2. The second kappa shape index (κ2) is 8.85. The average molecular weight is 390 g/mol. The van der Waals surface area contributed by atoms with Crippen LogP contribution < -0.4 is 10.1 Å². The molecule has 8 heteroatoms. The third-order valence-electron chi connectivity index (χ3n) is 4.09. The maximum atomic E-state index is 13.1. The molecule has 3 rings (SSSR count). The van der Waals surface area contributed by atoms with E-state index in [1.54, 1.807) is 12.1 Å². The van der Waals surface area contributed by atoms with E-state index in [2.05, 4.69) is 10.3 Å². The van der Waals surface area contributed by atoms with E-state index >= 15 is 0 Å². The number of carbonyl (C=O) groups is 2. The number of amides is 1. The first-order chi connectivity index (χ1) is 13.1. The van der Waals surface area contributed by atoms with E-state index < -0.39 is 23.7 Å². The molecule has 1 aromatic heterocycles. The van der Waals surface area contributed by atoms with E-state index in [9.17, 15) is 14.0 Å². The molecule has 2 unspecified atom stereocenters. The number of nitrogens with zero attached hydrogens (tertiary/aromatic N) is 1. The van der Waals surface area contributed by atoms with Gasteiger partial charge < -0.3 is 14.8 Å². The first-order valence-electron chi connectivity index (χ1n) is 8.41. The quantitative estimate of drug-likeness (QED) is 0.765. The topological polar surface area (TPSA) is 77.5 Å². The van der Waals surface area contributed by atoms with Crippen LogP contribution in [0, 0.1) is 5.82 Å². The van der Waals surface area contributed by atoms with Crippen molar-refractivity contribution in [1.82, 2.24) is 10.3 Å². The minimum atomic E-state index is -1.05. The van der Waals surface area contributed by atoms with Crippen molar-refractivity contribution in [1.29, 1.82) is 0 Å². The van der Waals surface area contributed by atoms with Crippen molar-refractivity contribution in [3.05, 3.63) is 59.5 Å². The van der Waals surface area contributed by atoms with Crippen LogP contribution in [0.15, 0.2) is 42.6 Å². The number of esters is 1. The molecule has 0 radical (unpaired) electrons. The molecule has 27 heavy (non-hydrogen) atoms. The van der Waals surface area contributed by atoms with E-state index in [0.29, 0.717) is 11.4 Å². The van der Waals surface area contributed by atoms with Crippen molar-refractivity contribution < 1.29 is 23.5 Å². The molecule has 1 fully saturated rings. The summed E-state index contributed by atoms with van der Waals surface area (Å²) in [5.41, 5.74) is 0.697. The standard InChI is InChI=1S/C19H19FN2O4S/c1-25-19(24)17(12-2-5-14(20)6-3-12)22-18(23)13-4-7-16(21-10-13)26-15-8-9-27-11-15/h2-7,10,15,17H,8-9,11H2,1H3,(H,22,23). The number of hydrogen-bond donors (Lipinski definition) is 1. The number of carbonyl (C=O) groups excluding carboxylic acids is 2. The van der Waals surface area contributed by atoms with Gasteiger partial charge in [0.1, 0.15) is 11.9 Å². The van der Waals surface area contributed by atoms with E-state index in [0.717, 1.165) is 17.9 Å². The molecule has 0 bridgehead atoms. The first kappa shape index (κ1) is 19.2. The van der Waals surface area contributed by atoms with Gasteiger partial charge in [0, 0.05) is 18.0 Å². The van der Waals surface area contributed by atoms with Gasteiger partial charge >= 0.3 is 5.97 Å². The van der Waals surface area contributed by atoms with Gasteiger partial charge in [0.2, 0.25) is 5.88 Å². The molecule has 1 saturated heterocycles. The van der Waals surface area contributed by atoms with Gasteiger partial charge in [-0.1, -0.05) is 12.1 Å². The fourth-order valence-electron chi connectivity index (χ4n) is 2.63. The molecule has 1 aromatic carbocycles. The summed E-state index contributed by atoms with van der Waals surface area (Å²) >= 11 is 1.84. The molecule has 142 valence electrons. The number of hydrogen-bond acceptors (Lipinski definition) is 6. The van der Waals surface area contributed by atoms with Crippen molar-refractivity contribution >= 4 is 23.6 Å². The summed E-state index contributed by atoms with van der Waals surface area (Å²) in [6.45, 7) is 0. The predicted octanol–water partition coefficient (Wildman–Crippen LogP) is 2.75. The zero-order valence-electron chi connectivity index (χ0n) is 14.7. The summed E-state index contributed by atoms with van der Waals surface area (Å²) in [7, 11) is 1.22. The number of benzene rings is 1. The molecule has 1 amide bonds. The lowest BCUT2D eigenvalue weighted by atomic mass is 10.1. The largest absolute Gasteiger partial charge is 0.473 e. The van der Waals surface area contributed by atoms with Crippen molar-refractivity contribution in [3.63, 3.8) is 0 Å². The van der Waals surface area contributed by atoms with Crippen LogP contribution in [0.4, 0.5) is 4.39 Å². The number of aromatic nitrogens is 1. The third-order valence-corrected chi connectivity index (χ3v) is 5.22. The number of nitrogens with one attached hydrogen (secondary N) is 1.